The molecule has 0 saturated carbocycles. The summed E-state index contributed by atoms with van der Waals surface area (Å²) in [6.45, 7) is 7.64. The monoisotopic (exact) mass is 391 g/mol. The Kier molecular flexibility index (Phi) is 6.97. The van der Waals surface area contributed by atoms with Crippen molar-refractivity contribution < 1.29 is 18.7 Å². The summed E-state index contributed by atoms with van der Waals surface area (Å²) >= 11 is 5.77. The molecule has 2 rings (SSSR count). The molecule has 0 heterocycles. The van der Waals surface area contributed by atoms with Crippen molar-refractivity contribution in [3.63, 3.8) is 0 Å². The van der Waals surface area contributed by atoms with Gasteiger partial charge in [-0.15, -0.1) is 0 Å². The van der Waals surface area contributed by atoms with Crippen molar-refractivity contribution in [3.05, 3.63) is 63.9 Å². The lowest BCUT2D eigenvalue weighted by Crippen LogP contribution is -2.23. The van der Waals surface area contributed by atoms with Crippen molar-refractivity contribution >= 4 is 29.2 Å². The zero-order valence-corrected chi connectivity index (χ0v) is 16.6. The van der Waals surface area contributed by atoms with Crippen LogP contribution in [0.5, 0.6) is 0 Å². The number of hydrogen-bond acceptors (Lipinski definition) is 3. The first kappa shape index (κ1) is 20.9. The molecule has 0 radical (unpaired) electrons. The Morgan fingerprint density at radius 1 is 1.07 bits per heavy atom. The molecular formula is C21H23ClFNO3. The molecule has 2 aromatic carbocycles. The van der Waals surface area contributed by atoms with Gasteiger partial charge in [0.1, 0.15) is 5.82 Å². The molecule has 0 fully saturated rings. The van der Waals surface area contributed by atoms with E-state index in [0.717, 1.165) is 22.9 Å². The molecule has 0 bridgehead atoms. The van der Waals surface area contributed by atoms with Crippen LogP contribution >= 0.6 is 11.6 Å². The summed E-state index contributed by atoms with van der Waals surface area (Å²) in [7, 11) is 0. The normalized spacial score (nSPS) is 11.0. The number of ether oxygens (including phenoxy) is 1. The van der Waals surface area contributed by atoms with Crippen molar-refractivity contribution in [1.29, 1.82) is 0 Å². The quantitative estimate of drug-likeness (QED) is 0.659. The molecule has 0 aliphatic heterocycles. The van der Waals surface area contributed by atoms with E-state index < -0.39 is 24.3 Å². The molecule has 0 unspecified atom stereocenters. The maximum absolute atomic E-state index is 13.7. The van der Waals surface area contributed by atoms with E-state index in [9.17, 15) is 14.0 Å². The third-order valence-corrected chi connectivity index (χ3v) is 4.36. The standard InChI is InChI=1S/C21H23ClFNO3/c1-12(2)15-6-5-7-16(13(3)4)20(15)24-19(25)11-27-21(26)17-10-14(22)8-9-18(17)23/h5-10,12-13H,11H2,1-4H3,(H,24,25). The minimum absolute atomic E-state index is 0.209. The summed E-state index contributed by atoms with van der Waals surface area (Å²) in [5, 5.41) is 3.05. The summed E-state index contributed by atoms with van der Waals surface area (Å²) in [4.78, 5) is 24.4. The van der Waals surface area contributed by atoms with E-state index in [0.29, 0.717) is 0 Å². The van der Waals surface area contributed by atoms with E-state index in [2.05, 4.69) is 5.32 Å². The highest BCUT2D eigenvalue weighted by molar-refractivity contribution is 6.30. The number of amides is 1. The molecule has 0 aromatic heterocycles. The van der Waals surface area contributed by atoms with Gasteiger partial charge < -0.3 is 10.1 Å². The van der Waals surface area contributed by atoms with Crippen LogP contribution < -0.4 is 5.32 Å². The van der Waals surface area contributed by atoms with Gasteiger partial charge in [-0.2, -0.15) is 0 Å². The average Bonchev–Trinajstić information content (AvgIpc) is 2.61. The smallest absolute Gasteiger partial charge is 0.341 e. The summed E-state index contributed by atoms with van der Waals surface area (Å²) < 4.78 is 18.7. The molecule has 4 nitrogen and oxygen atoms in total. The van der Waals surface area contributed by atoms with Crippen LogP contribution in [0.25, 0.3) is 0 Å². The minimum atomic E-state index is -0.939. The SMILES string of the molecule is CC(C)c1cccc(C(C)C)c1NC(=O)COC(=O)c1cc(Cl)ccc1F. The number of esters is 1. The van der Waals surface area contributed by atoms with Crippen LogP contribution in [0.3, 0.4) is 0 Å². The molecule has 0 atom stereocenters. The second kappa shape index (κ2) is 9.00. The number of para-hydroxylation sites is 1. The molecule has 144 valence electrons. The number of carbonyl (C=O) groups excluding carboxylic acids is 2. The predicted molar refractivity (Wildman–Crippen MR) is 105 cm³/mol. The Morgan fingerprint density at radius 3 is 2.22 bits per heavy atom. The van der Waals surface area contributed by atoms with Gasteiger partial charge in [0.2, 0.25) is 0 Å². The third-order valence-electron chi connectivity index (χ3n) is 4.12. The molecule has 0 aliphatic carbocycles. The largest absolute Gasteiger partial charge is 0.452 e. The Morgan fingerprint density at radius 2 is 1.67 bits per heavy atom. The Bertz CT molecular complexity index is 823. The van der Waals surface area contributed by atoms with E-state index >= 15 is 0 Å². The number of benzene rings is 2. The van der Waals surface area contributed by atoms with Crippen LogP contribution in [0.15, 0.2) is 36.4 Å². The molecule has 0 saturated heterocycles. The van der Waals surface area contributed by atoms with E-state index in [-0.39, 0.29) is 22.4 Å². The molecule has 27 heavy (non-hydrogen) atoms. The van der Waals surface area contributed by atoms with Crippen LogP contribution in [0.2, 0.25) is 5.02 Å². The van der Waals surface area contributed by atoms with Gasteiger partial charge in [-0.1, -0.05) is 57.5 Å². The van der Waals surface area contributed by atoms with Crippen molar-refractivity contribution in [2.45, 2.75) is 39.5 Å². The average molecular weight is 392 g/mol. The number of hydrogen-bond donors (Lipinski definition) is 1. The Hall–Kier alpha value is -2.40. The molecule has 2 aromatic rings. The van der Waals surface area contributed by atoms with Crippen molar-refractivity contribution in [2.75, 3.05) is 11.9 Å². The van der Waals surface area contributed by atoms with Crippen LogP contribution in [0.1, 0.15) is 61.0 Å². The molecule has 1 amide bonds. The summed E-state index contributed by atoms with van der Waals surface area (Å²) in [6, 6.07) is 9.45. The lowest BCUT2D eigenvalue weighted by molar-refractivity contribution is -0.119. The maximum atomic E-state index is 13.7. The third kappa shape index (κ3) is 5.30. The van der Waals surface area contributed by atoms with Crippen molar-refractivity contribution in [2.24, 2.45) is 0 Å². The highest BCUT2D eigenvalue weighted by Crippen LogP contribution is 2.32. The number of carbonyl (C=O) groups is 2. The van der Waals surface area contributed by atoms with Gasteiger partial charge in [0.05, 0.1) is 5.56 Å². The first-order valence-electron chi connectivity index (χ1n) is 8.75. The topological polar surface area (TPSA) is 55.4 Å². The fourth-order valence-electron chi connectivity index (χ4n) is 2.73. The van der Waals surface area contributed by atoms with Gasteiger partial charge in [-0.3, -0.25) is 4.79 Å². The molecule has 0 spiro atoms. The maximum Gasteiger partial charge on any atom is 0.341 e. The van der Waals surface area contributed by atoms with Crippen LogP contribution in [0, 0.1) is 5.82 Å². The minimum Gasteiger partial charge on any atom is -0.452 e. The Labute approximate surface area is 163 Å². The first-order valence-corrected chi connectivity index (χ1v) is 9.13. The fraction of sp³-hybridized carbons (Fsp3) is 0.333. The zero-order valence-electron chi connectivity index (χ0n) is 15.8. The lowest BCUT2D eigenvalue weighted by Gasteiger charge is -2.20. The van der Waals surface area contributed by atoms with Gasteiger partial charge >= 0.3 is 5.97 Å². The molecular weight excluding hydrogens is 369 g/mol. The van der Waals surface area contributed by atoms with E-state index in [1.54, 1.807) is 0 Å². The number of anilines is 1. The Balaban J connectivity index is 2.12. The molecule has 6 heteroatoms. The van der Waals surface area contributed by atoms with Gasteiger partial charge in [0.15, 0.2) is 6.61 Å². The zero-order chi connectivity index (χ0) is 20.1. The van der Waals surface area contributed by atoms with Crippen LogP contribution in [0.4, 0.5) is 10.1 Å². The van der Waals surface area contributed by atoms with Gasteiger partial charge in [0.25, 0.3) is 5.91 Å². The van der Waals surface area contributed by atoms with Gasteiger partial charge in [-0.05, 0) is 41.2 Å². The second-order valence-corrected chi connectivity index (χ2v) is 7.31. The van der Waals surface area contributed by atoms with E-state index in [4.69, 9.17) is 16.3 Å². The number of halogens is 2. The van der Waals surface area contributed by atoms with Gasteiger partial charge in [0, 0.05) is 10.7 Å². The van der Waals surface area contributed by atoms with Crippen LogP contribution in [-0.4, -0.2) is 18.5 Å². The first-order chi connectivity index (χ1) is 12.7. The predicted octanol–water partition coefficient (Wildman–Crippen LogP) is 5.52. The summed E-state index contributed by atoms with van der Waals surface area (Å²) in [5.74, 6) is -1.76. The number of nitrogens with one attached hydrogen (secondary N) is 1. The number of rotatable bonds is 6. The molecule has 0 aliphatic rings. The second-order valence-electron chi connectivity index (χ2n) is 6.87. The van der Waals surface area contributed by atoms with Crippen molar-refractivity contribution in [1.82, 2.24) is 0 Å². The fourth-order valence-corrected chi connectivity index (χ4v) is 2.91. The highest BCUT2D eigenvalue weighted by Gasteiger charge is 2.18. The van der Waals surface area contributed by atoms with Gasteiger partial charge in [-0.25, -0.2) is 9.18 Å². The van der Waals surface area contributed by atoms with Crippen LogP contribution in [-0.2, 0) is 9.53 Å². The van der Waals surface area contributed by atoms with E-state index in [1.165, 1.54) is 12.1 Å². The lowest BCUT2D eigenvalue weighted by atomic mass is 9.92. The van der Waals surface area contributed by atoms with Crippen molar-refractivity contribution in [3.8, 4) is 0 Å². The summed E-state index contributed by atoms with van der Waals surface area (Å²) in [5.41, 5.74) is 2.43. The summed E-state index contributed by atoms with van der Waals surface area (Å²) in [6.07, 6.45) is 0. The van der Waals surface area contributed by atoms with E-state index in [1.807, 2.05) is 45.9 Å². The highest BCUT2D eigenvalue weighted by atomic mass is 35.5. The molecule has 1 N–H and O–H groups in total.